The van der Waals surface area contributed by atoms with Gasteiger partial charge in [-0.3, -0.25) is 9.58 Å². The number of ether oxygens (including phenoxy) is 1. The van der Waals surface area contributed by atoms with Crippen molar-refractivity contribution in [3.8, 4) is 28.5 Å². The molecule has 2 fully saturated rings. The maximum atomic E-state index is 13.0. The van der Waals surface area contributed by atoms with Gasteiger partial charge in [-0.2, -0.15) is 18.3 Å². The van der Waals surface area contributed by atoms with Gasteiger partial charge >= 0.3 is 6.18 Å². The highest BCUT2D eigenvalue weighted by atomic mass is 35.5. The average Bonchev–Trinajstić information content (AvgIpc) is 3.18. The quantitative estimate of drug-likeness (QED) is 0.183. The van der Waals surface area contributed by atoms with E-state index in [1.807, 2.05) is 33.0 Å². The summed E-state index contributed by atoms with van der Waals surface area (Å²) in [6.07, 6.45) is -2.38. The number of alkyl halides is 3. The molecule has 0 bridgehead atoms. The Morgan fingerprint density at radius 3 is 2.25 bits per heavy atom. The van der Waals surface area contributed by atoms with Gasteiger partial charge in [-0.05, 0) is 56.6 Å². The number of aryl methyl sites for hydroxylation is 1. The number of anilines is 1. The largest absolute Gasteiger partial charge is 0.491 e. The Labute approximate surface area is 293 Å². The molecular formula is C34H47Cl2F3N6O2Si. The van der Waals surface area contributed by atoms with Crippen molar-refractivity contribution in [2.75, 3.05) is 44.2 Å². The molecule has 48 heavy (non-hydrogen) atoms. The van der Waals surface area contributed by atoms with Crippen LogP contribution in [0.1, 0.15) is 51.7 Å². The summed E-state index contributed by atoms with van der Waals surface area (Å²) in [4.78, 5) is 13.6. The zero-order valence-electron chi connectivity index (χ0n) is 29.4. The third-order valence-electron chi connectivity index (χ3n) is 9.94. The van der Waals surface area contributed by atoms with E-state index in [-0.39, 0.29) is 16.6 Å². The van der Waals surface area contributed by atoms with Crippen molar-refractivity contribution in [2.45, 2.75) is 84.8 Å². The van der Waals surface area contributed by atoms with Gasteiger partial charge in [-0.15, -0.1) is 0 Å². The summed E-state index contributed by atoms with van der Waals surface area (Å²) < 4.78 is 53.6. The Bertz CT molecular complexity index is 1640. The predicted octanol–water partition coefficient (Wildman–Crippen LogP) is 8.72. The molecule has 1 spiro atoms. The molecule has 2 saturated heterocycles. The molecule has 2 aliphatic heterocycles. The molecule has 3 aromatic rings. The molecule has 4 heterocycles. The lowest BCUT2D eigenvalue weighted by molar-refractivity contribution is -0.172. The molecule has 264 valence electrons. The molecule has 0 radical (unpaired) electrons. The smallest absolute Gasteiger partial charge is 0.401 e. The number of halogens is 5. The van der Waals surface area contributed by atoms with Crippen LogP contribution in [0.2, 0.25) is 28.3 Å². The maximum absolute atomic E-state index is 13.0. The molecule has 0 aliphatic carbocycles. The monoisotopic (exact) mass is 726 g/mol. The van der Waals surface area contributed by atoms with Gasteiger partial charge in [-0.25, -0.2) is 9.97 Å². The number of hydrogen-bond acceptors (Lipinski definition) is 7. The number of hydrogen-bond donors (Lipinski definition) is 0. The van der Waals surface area contributed by atoms with E-state index in [2.05, 4.69) is 50.8 Å². The van der Waals surface area contributed by atoms with E-state index >= 15 is 0 Å². The van der Waals surface area contributed by atoms with E-state index in [0.717, 1.165) is 29.7 Å². The first kappa shape index (κ1) is 36.9. The van der Waals surface area contributed by atoms with Crippen molar-refractivity contribution < 1.29 is 22.3 Å². The molecule has 5 rings (SSSR count). The molecular weight excluding hydrogens is 680 g/mol. The van der Waals surface area contributed by atoms with Gasteiger partial charge < -0.3 is 14.1 Å². The molecule has 0 unspecified atom stereocenters. The number of benzene rings is 1. The summed E-state index contributed by atoms with van der Waals surface area (Å²) in [7, 11) is -0.184. The fourth-order valence-corrected chi connectivity index (χ4v) is 8.30. The van der Waals surface area contributed by atoms with Crippen molar-refractivity contribution in [1.82, 2.24) is 24.6 Å². The van der Waals surface area contributed by atoms with E-state index < -0.39 is 21.0 Å². The zero-order chi connectivity index (χ0) is 35.4. The van der Waals surface area contributed by atoms with Crippen molar-refractivity contribution >= 4 is 37.3 Å². The van der Waals surface area contributed by atoms with Crippen LogP contribution in [0.5, 0.6) is 5.75 Å². The van der Waals surface area contributed by atoms with E-state index in [0.29, 0.717) is 71.6 Å². The lowest BCUT2D eigenvalue weighted by atomic mass is 9.72. The van der Waals surface area contributed by atoms with Gasteiger partial charge in [0.25, 0.3) is 0 Å². The van der Waals surface area contributed by atoms with Gasteiger partial charge in [0.05, 0.1) is 29.1 Å². The van der Waals surface area contributed by atoms with Crippen LogP contribution in [-0.4, -0.2) is 84.6 Å². The highest BCUT2D eigenvalue weighted by Crippen LogP contribution is 2.45. The topological polar surface area (TPSA) is 68.5 Å². The molecule has 1 aromatic carbocycles. The summed E-state index contributed by atoms with van der Waals surface area (Å²) in [6.45, 7) is 18.7. The predicted molar refractivity (Wildman–Crippen MR) is 189 cm³/mol. The van der Waals surface area contributed by atoms with Gasteiger partial charge in [-0.1, -0.05) is 57.3 Å². The Morgan fingerprint density at radius 2 is 1.69 bits per heavy atom. The molecule has 0 saturated carbocycles. The molecule has 0 N–H and O–H groups in total. The normalized spacial score (nSPS) is 17.4. The second-order valence-electron chi connectivity index (χ2n) is 15.1. The molecule has 2 aliphatic rings. The standard InChI is InChI=1S/C34H47Cl2F3N6O2Si/c1-10-11-24(47-48(8,9)32(4,5)6)15-46-23-12-13-26(35)25(14-23)30-40-27(28-22(3)29(36)42-43(28)7)21(2)31(41-30)45-18-33(19-45)16-44(17-33)20-34(37,38)39/h12-14,24H,10-11,15-20H2,1-9H3/t24-/m1/s1. The van der Waals surface area contributed by atoms with Crippen molar-refractivity contribution in [3.05, 3.63) is 39.5 Å². The van der Waals surface area contributed by atoms with Crippen LogP contribution < -0.4 is 9.64 Å². The molecule has 8 nitrogen and oxygen atoms in total. The first-order valence-electron chi connectivity index (χ1n) is 16.5. The lowest BCUT2D eigenvalue weighted by Crippen LogP contribution is -2.73. The van der Waals surface area contributed by atoms with Crippen molar-refractivity contribution in [1.29, 1.82) is 0 Å². The van der Waals surface area contributed by atoms with Crippen LogP contribution in [-0.2, 0) is 11.5 Å². The third-order valence-corrected chi connectivity index (χ3v) is 15.2. The first-order chi connectivity index (χ1) is 22.2. The van der Waals surface area contributed by atoms with E-state index in [9.17, 15) is 13.2 Å². The minimum absolute atomic E-state index is 0.0429. The maximum Gasteiger partial charge on any atom is 0.401 e. The van der Waals surface area contributed by atoms with Gasteiger partial charge in [0.2, 0.25) is 0 Å². The number of likely N-dealkylation sites (tertiary alicyclic amines) is 1. The van der Waals surface area contributed by atoms with Crippen LogP contribution in [0.4, 0.5) is 19.0 Å². The van der Waals surface area contributed by atoms with E-state index in [4.69, 9.17) is 42.3 Å². The Kier molecular flexibility index (Phi) is 10.3. The second-order valence-corrected chi connectivity index (χ2v) is 20.6. The first-order valence-corrected chi connectivity index (χ1v) is 20.1. The summed E-state index contributed by atoms with van der Waals surface area (Å²) in [5.41, 5.74) is 3.46. The SMILES string of the molecule is CCC[C@H](COc1ccc(Cl)c(-c2nc(-c3c(C)c(Cl)nn3C)c(C)c(N3CC4(CN(CC(F)(F)F)C4)C3)n2)c1)O[Si](C)(C)C(C)(C)C. The van der Waals surface area contributed by atoms with Crippen LogP contribution in [0.25, 0.3) is 22.8 Å². The van der Waals surface area contributed by atoms with Crippen LogP contribution in [0.15, 0.2) is 18.2 Å². The van der Waals surface area contributed by atoms with Crippen LogP contribution in [0.3, 0.4) is 0 Å². The highest BCUT2D eigenvalue weighted by Gasteiger charge is 2.54. The Hall–Kier alpha value is -2.38. The van der Waals surface area contributed by atoms with Crippen LogP contribution in [0, 0.1) is 19.3 Å². The number of aromatic nitrogens is 4. The lowest BCUT2D eigenvalue weighted by Gasteiger charge is -2.61. The summed E-state index contributed by atoms with van der Waals surface area (Å²) in [5.74, 6) is 1.75. The average molecular weight is 728 g/mol. The van der Waals surface area contributed by atoms with Crippen molar-refractivity contribution in [2.24, 2.45) is 12.5 Å². The molecule has 2 aromatic heterocycles. The van der Waals surface area contributed by atoms with E-state index in [1.165, 1.54) is 4.90 Å². The Balaban J connectivity index is 1.45. The van der Waals surface area contributed by atoms with Crippen molar-refractivity contribution in [3.63, 3.8) is 0 Å². The second kappa shape index (κ2) is 13.4. The zero-order valence-corrected chi connectivity index (χ0v) is 31.9. The third kappa shape index (κ3) is 7.67. The Morgan fingerprint density at radius 1 is 1.02 bits per heavy atom. The van der Waals surface area contributed by atoms with Crippen LogP contribution >= 0.6 is 23.2 Å². The van der Waals surface area contributed by atoms with Gasteiger partial charge in [0, 0.05) is 55.3 Å². The number of rotatable bonds is 11. The van der Waals surface area contributed by atoms with Gasteiger partial charge in [0.1, 0.15) is 18.2 Å². The summed E-state index contributed by atoms with van der Waals surface area (Å²) in [5, 5.41) is 5.33. The van der Waals surface area contributed by atoms with Gasteiger partial charge in [0.15, 0.2) is 19.3 Å². The molecule has 1 atom stereocenters. The number of nitrogens with zero attached hydrogens (tertiary/aromatic N) is 6. The minimum Gasteiger partial charge on any atom is -0.491 e. The van der Waals surface area contributed by atoms with E-state index in [1.54, 1.807) is 10.7 Å². The summed E-state index contributed by atoms with van der Waals surface area (Å²) in [6, 6.07) is 5.48. The molecule has 14 heteroatoms. The summed E-state index contributed by atoms with van der Waals surface area (Å²) >= 11 is 13.2. The molecule has 0 amide bonds. The fraction of sp³-hybridized carbons (Fsp3) is 0.618. The highest BCUT2D eigenvalue weighted by molar-refractivity contribution is 6.74. The minimum atomic E-state index is -4.20. The fourth-order valence-electron chi connectivity index (χ4n) is 6.52.